The van der Waals surface area contributed by atoms with Gasteiger partial charge in [-0.2, -0.15) is 12.6 Å². The first-order valence-corrected chi connectivity index (χ1v) is 6.34. The molecular formula is C15H15NO2S. The predicted octanol–water partition coefficient (Wildman–Crippen LogP) is 4.15. The van der Waals surface area contributed by atoms with E-state index >= 15 is 0 Å². The minimum Gasteiger partial charge on any atom is -0.507 e. The Kier molecular flexibility index (Phi) is 4.36. The number of nitrogens with one attached hydrogen (secondary N) is 1. The zero-order chi connectivity index (χ0) is 13.7. The molecule has 0 aromatic heterocycles. The van der Waals surface area contributed by atoms with Gasteiger partial charge in [0.05, 0.1) is 5.69 Å². The molecule has 4 heteroatoms. The number of thiol groups is 1. The molecule has 0 atom stereocenters. The number of allylic oxidation sites excluding steroid dienone is 2. The van der Waals surface area contributed by atoms with E-state index in [1.165, 1.54) is 6.26 Å². The van der Waals surface area contributed by atoms with Crippen molar-refractivity contribution in [3.05, 3.63) is 59.7 Å². The van der Waals surface area contributed by atoms with Crippen LogP contribution in [0.15, 0.2) is 54.2 Å². The van der Waals surface area contributed by atoms with Gasteiger partial charge in [-0.15, -0.1) is 0 Å². The van der Waals surface area contributed by atoms with Crippen molar-refractivity contribution in [3.8, 4) is 5.75 Å². The number of hydrogen-bond acceptors (Lipinski definition) is 4. The second-order valence-electron chi connectivity index (χ2n) is 4.03. The summed E-state index contributed by atoms with van der Waals surface area (Å²) in [6, 6.07) is 9.46. The number of benzene rings is 2. The highest BCUT2D eigenvalue weighted by molar-refractivity contribution is 7.83. The lowest BCUT2D eigenvalue weighted by molar-refractivity contribution is 0.330. The highest BCUT2D eigenvalue weighted by atomic mass is 32.1. The summed E-state index contributed by atoms with van der Waals surface area (Å²) in [4.78, 5) is 5.23. The third kappa shape index (κ3) is 3.03. The Morgan fingerprint density at radius 2 is 1.95 bits per heavy atom. The molecule has 2 aromatic carbocycles. The lowest BCUT2D eigenvalue weighted by atomic mass is 10.0. The first kappa shape index (κ1) is 13.4. The molecule has 0 unspecified atom stereocenters. The summed E-state index contributed by atoms with van der Waals surface area (Å²) in [7, 11) is 0. The predicted molar refractivity (Wildman–Crippen MR) is 82.3 cm³/mol. The van der Waals surface area contributed by atoms with E-state index in [4.69, 9.17) is 4.84 Å². The largest absolute Gasteiger partial charge is 0.507 e. The number of hydrogen-bond donors (Lipinski definition) is 3. The fourth-order valence-electron chi connectivity index (χ4n) is 1.82. The Bertz CT molecular complexity index is 635. The Labute approximate surface area is 117 Å². The monoisotopic (exact) mass is 273 g/mol. The molecule has 2 N–H and O–H groups in total. The molecule has 0 heterocycles. The molecule has 0 bridgehead atoms. The van der Waals surface area contributed by atoms with Crippen LogP contribution >= 0.6 is 12.6 Å². The van der Waals surface area contributed by atoms with E-state index < -0.39 is 0 Å². The highest BCUT2D eigenvalue weighted by Gasteiger charge is 2.07. The van der Waals surface area contributed by atoms with Crippen LogP contribution < -0.4 is 5.48 Å². The second kappa shape index (κ2) is 6.20. The number of phenols is 1. The Morgan fingerprint density at radius 1 is 1.21 bits per heavy atom. The maximum atomic E-state index is 10.0. The van der Waals surface area contributed by atoms with Gasteiger partial charge in [0.15, 0.2) is 0 Å². The van der Waals surface area contributed by atoms with Gasteiger partial charge in [-0.05, 0) is 30.0 Å². The highest BCUT2D eigenvalue weighted by Crippen LogP contribution is 2.33. The number of aryl methyl sites for hydroxylation is 1. The lowest BCUT2D eigenvalue weighted by Gasteiger charge is -2.11. The molecule has 0 spiro atoms. The van der Waals surface area contributed by atoms with Crippen molar-refractivity contribution >= 4 is 29.1 Å². The molecule has 0 aliphatic rings. The molecule has 0 aliphatic heterocycles. The summed E-state index contributed by atoms with van der Waals surface area (Å²) in [6.45, 7) is 1.85. The Hall–Kier alpha value is -2.07. The normalized spacial score (nSPS) is 11.5. The van der Waals surface area contributed by atoms with Gasteiger partial charge in [0.25, 0.3) is 0 Å². The van der Waals surface area contributed by atoms with Crippen LogP contribution in [-0.2, 0) is 4.84 Å². The Morgan fingerprint density at radius 3 is 2.68 bits per heavy atom. The van der Waals surface area contributed by atoms with Crippen LogP contribution in [0, 0.1) is 6.92 Å². The smallest absolute Gasteiger partial charge is 0.126 e. The molecule has 0 saturated heterocycles. The van der Waals surface area contributed by atoms with Gasteiger partial charge < -0.3 is 9.94 Å². The molecular weight excluding hydrogens is 258 g/mol. The van der Waals surface area contributed by atoms with E-state index in [2.05, 4.69) is 18.1 Å². The van der Waals surface area contributed by atoms with Gasteiger partial charge in [0, 0.05) is 10.8 Å². The molecule has 0 saturated carbocycles. The van der Waals surface area contributed by atoms with Gasteiger partial charge >= 0.3 is 0 Å². The minimum absolute atomic E-state index is 0.301. The molecule has 0 radical (unpaired) electrons. The number of aromatic hydroxyl groups is 1. The van der Waals surface area contributed by atoms with Crippen LogP contribution in [0.25, 0.3) is 10.8 Å². The Balaban J connectivity index is 2.30. The lowest BCUT2D eigenvalue weighted by Crippen LogP contribution is -1.96. The maximum Gasteiger partial charge on any atom is 0.126 e. The van der Waals surface area contributed by atoms with Crippen molar-refractivity contribution < 1.29 is 9.94 Å². The van der Waals surface area contributed by atoms with Crippen molar-refractivity contribution in [1.82, 2.24) is 0 Å². The van der Waals surface area contributed by atoms with Crippen molar-refractivity contribution in [1.29, 1.82) is 0 Å². The van der Waals surface area contributed by atoms with Crippen molar-refractivity contribution in [3.63, 3.8) is 0 Å². The first-order chi connectivity index (χ1) is 9.24. The number of rotatable bonds is 4. The SMILES string of the molecule is Cc1cc(NO/C=C/C=C\S)c2ccccc2c1O. The summed E-state index contributed by atoms with van der Waals surface area (Å²) in [5.41, 5.74) is 4.46. The van der Waals surface area contributed by atoms with Crippen LogP contribution in [0.4, 0.5) is 5.69 Å². The summed E-state index contributed by atoms with van der Waals surface area (Å²) in [5.74, 6) is 0.301. The fraction of sp³-hybridized carbons (Fsp3) is 0.0667. The second-order valence-corrected chi connectivity index (χ2v) is 4.32. The topological polar surface area (TPSA) is 41.5 Å². The fourth-order valence-corrected chi connectivity index (χ4v) is 1.92. The van der Waals surface area contributed by atoms with Crippen molar-refractivity contribution in [2.24, 2.45) is 0 Å². The number of anilines is 1. The maximum absolute atomic E-state index is 10.0. The molecule has 19 heavy (non-hydrogen) atoms. The quantitative estimate of drug-likeness (QED) is 0.258. The van der Waals surface area contributed by atoms with Crippen molar-refractivity contribution in [2.75, 3.05) is 5.48 Å². The van der Waals surface area contributed by atoms with Crippen LogP contribution in [0.3, 0.4) is 0 Å². The molecule has 2 aromatic rings. The minimum atomic E-state index is 0.301. The van der Waals surface area contributed by atoms with Crippen LogP contribution in [0.2, 0.25) is 0 Å². The van der Waals surface area contributed by atoms with Crippen LogP contribution in [0.1, 0.15) is 5.56 Å². The summed E-state index contributed by atoms with van der Waals surface area (Å²) in [6.07, 6.45) is 4.98. The average Bonchev–Trinajstić information content (AvgIpc) is 2.44. The molecule has 0 fully saturated rings. The van der Waals surface area contributed by atoms with E-state index in [1.807, 2.05) is 37.3 Å². The van der Waals surface area contributed by atoms with E-state index in [-0.39, 0.29) is 0 Å². The third-order valence-electron chi connectivity index (χ3n) is 2.72. The third-order valence-corrected chi connectivity index (χ3v) is 2.89. The molecule has 0 aliphatic carbocycles. The zero-order valence-corrected chi connectivity index (χ0v) is 11.4. The number of phenolic OH excluding ortho intramolecular Hbond substituents is 1. The van der Waals surface area contributed by atoms with Crippen LogP contribution in [0.5, 0.6) is 5.75 Å². The zero-order valence-electron chi connectivity index (χ0n) is 10.5. The molecule has 0 amide bonds. The van der Waals surface area contributed by atoms with Gasteiger partial charge in [-0.1, -0.05) is 30.3 Å². The molecule has 98 valence electrons. The average molecular weight is 273 g/mol. The molecule has 3 nitrogen and oxygen atoms in total. The van der Waals surface area contributed by atoms with Crippen LogP contribution in [-0.4, -0.2) is 5.11 Å². The van der Waals surface area contributed by atoms with Gasteiger partial charge in [-0.25, -0.2) is 5.48 Å². The molecule has 2 rings (SSSR count). The van der Waals surface area contributed by atoms with Gasteiger partial charge in [0.2, 0.25) is 0 Å². The van der Waals surface area contributed by atoms with Gasteiger partial charge in [0.1, 0.15) is 12.0 Å². The van der Waals surface area contributed by atoms with Gasteiger partial charge in [-0.3, -0.25) is 0 Å². The van der Waals surface area contributed by atoms with E-state index in [0.717, 1.165) is 22.0 Å². The standard InChI is InChI=1S/C15H15NO2S/c1-11-10-14(16-18-8-4-5-9-19)12-6-2-3-7-13(12)15(11)17/h2-10,16-17,19H,1H3/b8-4+,9-5-. The summed E-state index contributed by atoms with van der Waals surface area (Å²) in [5, 5.41) is 13.3. The number of fused-ring (bicyclic) bond motifs is 1. The van der Waals surface area contributed by atoms with E-state index in [1.54, 1.807) is 17.6 Å². The summed E-state index contributed by atoms with van der Waals surface area (Å²) < 4.78 is 0. The first-order valence-electron chi connectivity index (χ1n) is 5.83. The van der Waals surface area contributed by atoms with E-state index in [9.17, 15) is 5.11 Å². The van der Waals surface area contributed by atoms with E-state index in [0.29, 0.717) is 5.75 Å². The van der Waals surface area contributed by atoms with Crippen molar-refractivity contribution in [2.45, 2.75) is 6.92 Å². The summed E-state index contributed by atoms with van der Waals surface area (Å²) >= 11 is 3.93.